The van der Waals surface area contributed by atoms with Gasteiger partial charge in [0.1, 0.15) is 0 Å². The molecule has 0 saturated carbocycles. The van der Waals surface area contributed by atoms with Crippen molar-refractivity contribution in [2.45, 2.75) is 26.3 Å². The summed E-state index contributed by atoms with van der Waals surface area (Å²) < 4.78 is 11.4. The van der Waals surface area contributed by atoms with Crippen LogP contribution in [-0.4, -0.2) is 62.5 Å². The van der Waals surface area contributed by atoms with E-state index >= 15 is 0 Å². The van der Waals surface area contributed by atoms with E-state index in [1.165, 1.54) is 19.9 Å². The molecule has 2 aromatic rings. The molecule has 0 spiro atoms. The average Bonchev–Trinajstić information content (AvgIpc) is 2.99. The number of hydrogen-bond acceptors (Lipinski definition) is 3. The van der Waals surface area contributed by atoms with Gasteiger partial charge in [0, 0.05) is 0 Å². The number of nitrogens with two attached hydrogens (primary N) is 1. The Morgan fingerprint density at radius 3 is 2.88 bits per heavy atom. The SMILES string of the molecule is CCI(C)CC1COc2ccc3nc([NH2+]C)n(CCCN(C)C)c3c2C1. The summed E-state index contributed by atoms with van der Waals surface area (Å²) in [6, 6.07) is 4.26. The number of alkyl halides is 3. The van der Waals surface area contributed by atoms with Gasteiger partial charge in [-0.25, -0.2) is 0 Å². The quantitative estimate of drug-likeness (QED) is 0.474. The van der Waals surface area contributed by atoms with Crippen molar-refractivity contribution in [1.82, 2.24) is 14.5 Å². The van der Waals surface area contributed by atoms with Gasteiger partial charge in [-0.05, 0) is 0 Å². The van der Waals surface area contributed by atoms with Gasteiger partial charge in [0.15, 0.2) is 0 Å². The van der Waals surface area contributed by atoms with Crippen molar-refractivity contribution in [3.05, 3.63) is 17.7 Å². The second kappa shape index (κ2) is 8.89. The molecule has 146 valence electrons. The monoisotopic (exact) mass is 473 g/mol. The number of nitrogens with zero attached hydrogens (tertiary/aromatic N) is 3. The third-order valence-electron chi connectivity index (χ3n) is 5.15. The summed E-state index contributed by atoms with van der Waals surface area (Å²) in [6.45, 7) is 5.35. The van der Waals surface area contributed by atoms with Gasteiger partial charge in [-0.3, -0.25) is 0 Å². The Hall–Kier alpha value is -0.860. The normalized spacial score (nSPS) is 17.5. The first-order chi connectivity index (χ1) is 12.5. The second-order valence-corrected chi connectivity index (χ2v) is 14.0. The van der Waals surface area contributed by atoms with E-state index < -0.39 is 19.8 Å². The number of hydrogen-bond donors (Lipinski definition) is 1. The zero-order valence-corrected chi connectivity index (χ0v) is 19.0. The molecule has 0 aliphatic carbocycles. The fourth-order valence-electron chi connectivity index (χ4n) is 3.76. The molecule has 1 atom stereocenters. The van der Waals surface area contributed by atoms with Crippen molar-refractivity contribution >= 4 is 36.8 Å². The van der Waals surface area contributed by atoms with Crippen LogP contribution in [0.1, 0.15) is 18.9 Å². The van der Waals surface area contributed by atoms with Crippen LogP contribution < -0.4 is 10.1 Å². The minimum absolute atomic E-state index is 0.683. The molecule has 5 nitrogen and oxygen atoms in total. The van der Waals surface area contributed by atoms with Crippen molar-refractivity contribution in [1.29, 1.82) is 0 Å². The van der Waals surface area contributed by atoms with E-state index in [1.807, 2.05) is 0 Å². The number of imidazole rings is 1. The summed E-state index contributed by atoms with van der Waals surface area (Å²) in [6.07, 6.45) is 2.28. The van der Waals surface area contributed by atoms with E-state index in [0.29, 0.717) is 5.92 Å². The summed E-state index contributed by atoms with van der Waals surface area (Å²) in [5.41, 5.74) is 3.82. The average molecular weight is 473 g/mol. The zero-order valence-electron chi connectivity index (χ0n) is 16.9. The van der Waals surface area contributed by atoms with Crippen LogP contribution in [0.25, 0.3) is 11.0 Å². The summed E-state index contributed by atoms with van der Waals surface area (Å²) in [4.78, 5) is 9.65. The Labute approximate surface area is 164 Å². The van der Waals surface area contributed by atoms with Crippen LogP contribution in [0.4, 0.5) is 5.95 Å². The van der Waals surface area contributed by atoms with Crippen LogP contribution in [0, 0.1) is 5.92 Å². The molecule has 0 bridgehead atoms. The van der Waals surface area contributed by atoms with Crippen molar-refractivity contribution < 1.29 is 10.1 Å². The molecule has 2 heterocycles. The van der Waals surface area contributed by atoms with E-state index in [-0.39, 0.29) is 0 Å². The first-order valence-corrected chi connectivity index (χ1v) is 14.8. The maximum atomic E-state index is 6.20. The van der Waals surface area contributed by atoms with Crippen LogP contribution in [0.15, 0.2) is 12.1 Å². The van der Waals surface area contributed by atoms with Gasteiger partial charge < -0.3 is 0 Å². The van der Waals surface area contributed by atoms with Crippen molar-refractivity contribution in [3.8, 4) is 5.75 Å². The standard InChI is InChI=1S/C20H33IN4O/c1-6-21(2)13-15-12-16-18(26-14-15)9-8-17-19(16)25(20(22-3)23-17)11-7-10-24(4)5/h8-9,15H,6-7,10-14H2,1-5H3,(H,22,23)/p+1. The summed E-state index contributed by atoms with van der Waals surface area (Å²) in [5.74, 6) is 2.85. The molecule has 26 heavy (non-hydrogen) atoms. The van der Waals surface area contributed by atoms with Crippen molar-refractivity contribution in [2.24, 2.45) is 5.92 Å². The summed E-state index contributed by atoms with van der Waals surface area (Å²) in [5, 5.41) is 2.14. The number of aryl methyl sites for hydroxylation is 1. The molecule has 1 aliphatic rings. The van der Waals surface area contributed by atoms with Gasteiger partial charge in [-0.1, -0.05) is 0 Å². The summed E-state index contributed by atoms with van der Waals surface area (Å²) >= 11 is -0.760. The Bertz CT molecular complexity index is 743. The van der Waals surface area contributed by atoms with Crippen LogP contribution >= 0.6 is 19.8 Å². The van der Waals surface area contributed by atoms with E-state index in [1.54, 1.807) is 0 Å². The number of ether oxygens (including phenoxy) is 1. The predicted octanol–water partition coefficient (Wildman–Crippen LogP) is 2.52. The molecule has 0 radical (unpaired) electrons. The van der Waals surface area contributed by atoms with E-state index in [4.69, 9.17) is 9.72 Å². The minimum atomic E-state index is -0.760. The Morgan fingerprint density at radius 2 is 2.19 bits per heavy atom. The molecule has 1 aliphatic heterocycles. The van der Waals surface area contributed by atoms with Gasteiger partial charge in [0.2, 0.25) is 0 Å². The number of rotatable bonds is 8. The van der Waals surface area contributed by atoms with Gasteiger partial charge in [0.25, 0.3) is 0 Å². The van der Waals surface area contributed by atoms with Crippen LogP contribution in [0.2, 0.25) is 0 Å². The van der Waals surface area contributed by atoms with E-state index in [9.17, 15) is 0 Å². The number of fused-ring (bicyclic) bond motifs is 3. The number of benzene rings is 1. The third-order valence-corrected chi connectivity index (χ3v) is 10.5. The van der Waals surface area contributed by atoms with Gasteiger partial charge in [-0.2, -0.15) is 0 Å². The second-order valence-electron chi connectivity index (χ2n) is 7.50. The number of aromatic nitrogens is 2. The molecule has 0 fully saturated rings. The Balaban J connectivity index is 1.94. The maximum absolute atomic E-state index is 6.20. The van der Waals surface area contributed by atoms with Crippen LogP contribution in [0.5, 0.6) is 5.75 Å². The van der Waals surface area contributed by atoms with E-state index in [0.717, 1.165) is 49.8 Å². The molecular formula is C20H34IN4O+. The van der Waals surface area contributed by atoms with Gasteiger partial charge >= 0.3 is 165 Å². The molecule has 2 N–H and O–H groups in total. The Morgan fingerprint density at radius 1 is 1.38 bits per heavy atom. The molecule has 3 rings (SSSR count). The molecular weight excluding hydrogens is 439 g/mol. The fraction of sp³-hybridized carbons (Fsp3) is 0.650. The topological polar surface area (TPSA) is 46.9 Å². The van der Waals surface area contributed by atoms with Crippen LogP contribution in [-0.2, 0) is 13.0 Å². The molecule has 0 amide bonds. The van der Waals surface area contributed by atoms with Crippen molar-refractivity contribution in [2.75, 3.05) is 48.1 Å². The first kappa shape index (κ1) is 19.9. The van der Waals surface area contributed by atoms with Gasteiger partial charge in [0.05, 0.1) is 0 Å². The van der Waals surface area contributed by atoms with E-state index in [2.05, 4.69) is 59.9 Å². The Kier molecular flexibility index (Phi) is 6.80. The predicted molar refractivity (Wildman–Crippen MR) is 118 cm³/mol. The zero-order chi connectivity index (χ0) is 18.7. The molecule has 1 unspecified atom stereocenters. The van der Waals surface area contributed by atoms with Crippen molar-refractivity contribution in [3.63, 3.8) is 0 Å². The molecule has 0 saturated heterocycles. The van der Waals surface area contributed by atoms with Gasteiger partial charge in [-0.15, -0.1) is 0 Å². The molecule has 1 aromatic heterocycles. The fourth-order valence-corrected chi connectivity index (χ4v) is 7.07. The van der Waals surface area contributed by atoms with Crippen LogP contribution in [0.3, 0.4) is 0 Å². The number of halogens is 1. The first-order valence-electron chi connectivity index (χ1n) is 9.64. The molecule has 6 heteroatoms. The summed E-state index contributed by atoms with van der Waals surface area (Å²) in [7, 11) is 6.36. The third kappa shape index (κ3) is 4.34. The number of quaternary nitrogens is 1. The molecule has 1 aromatic carbocycles.